The van der Waals surface area contributed by atoms with Crippen molar-refractivity contribution >= 4 is 12.2 Å². The lowest BCUT2D eigenvalue weighted by molar-refractivity contribution is 1.03. The van der Waals surface area contributed by atoms with Crippen LogP contribution in [-0.2, 0) is 12.8 Å². The Hall–Kier alpha value is -1.48. The molecule has 0 amide bonds. The number of hydrogen-bond donors (Lipinski definition) is 1. The molecule has 0 radical (unpaired) electrons. The third-order valence-electron chi connectivity index (χ3n) is 2.93. The Kier molecular flexibility index (Phi) is 3.69. The zero-order valence-corrected chi connectivity index (χ0v) is 11.0. The predicted molar refractivity (Wildman–Crippen MR) is 73.6 cm³/mol. The summed E-state index contributed by atoms with van der Waals surface area (Å²) in [6.07, 6.45) is 3.62. The summed E-state index contributed by atoms with van der Waals surface area (Å²) in [6, 6.07) is 8.55. The molecule has 2 nitrogen and oxygen atoms in total. The largest absolute Gasteiger partial charge is 0.346 e. The molecule has 1 aromatic carbocycles. The fraction of sp³-hybridized carbons (Fsp3) is 0.286. The summed E-state index contributed by atoms with van der Waals surface area (Å²) in [4.78, 5) is 7.36. The molecule has 0 saturated heterocycles. The lowest BCUT2D eigenvalue weighted by Crippen LogP contribution is -1.95. The Balaban J connectivity index is 2.59. The van der Waals surface area contributed by atoms with E-state index >= 15 is 0 Å². The van der Waals surface area contributed by atoms with Gasteiger partial charge in [-0.3, -0.25) is 0 Å². The minimum Gasteiger partial charge on any atom is -0.346 e. The van der Waals surface area contributed by atoms with E-state index in [9.17, 15) is 0 Å². The first-order valence-corrected chi connectivity index (χ1v) is 6.33. The lowest BCUT2D eigenvalue weighted by atomic mass is 10.0. The van der Waals surface area contributed by atoms with E-state index in [-0.39, 0.29) is 0 Å². The quantitative estimate of drug-likeness (QED) is 0.829. The van der Waals surface area contributed by atoms with E-state index in [1.54, 1.807) is 6.33 Å². The molecule has 1 heterocycles. The Morgan fingerprint density at radius 1 is 1.24 bits per heavy atom. The number of rotatable bonds is 3. The average molecular weight is 244 g/mol. The summed E-state index contributed by atoms with van der Waals surface area (Å²) >= 11 is 5.27. The Morgan fingerprint density at radius 3 is 2.76 bits per heavy atom. The molecule has 0 bridgehead atoms. The maximum Gasteiger partial charge on any atom is 0.133 e. The molecule has 2 rings (SSSR count). The van der Waals surface area contributed by atoms with Crippen LogP contribution in [0.25, 0.3) is 11.3 Å². The normalized spacial score (nSPS) is 10.5. The first-order chi connectivity index (χ1) is 8.26. The zero-order valence-electron chi connectivity index (χ0n) is 10.2. The van der Waals surface area contributed by atoms with Crippen molar-refractivity contribution in [2.45, 2.75) is 26.7 Å². The van der Waals surface area contributed by atoms with Crippen LogP contribution in [0, 0.1) is 4.64 Å². The van der Waals surface area contributed by atoms with Crippen LogP contribution in [0.3, 0.4) is 0 Å². The van der Waals surface area contributed by atoms with E-state index < -0.39 is 0 Å². The summed E-state index contributed by atoms with van der Waals surface area (Å²) < 4.78 is 0.697. The topological polar surface area (TPSA) is 28.7 Å². The highest BCUT2D eigenvalue weighted by Crippen LogP contribution is 2.22. The molecule has 88 valence electrons. The second-order valence-electron chi connectivity index (χ2n) is 3.97. The Labute approximate surface area is 107 Å². The van der Waals surface area contributed by atoms with Gasteiger partial charge < -0.3 is 4.98 Å². The van der Waals surface area contributed by atoms with E-state index in [0.29, 0.717) is 4.64 Å². The van der Waals surface area contributed by atoms with Crippen LogP contribution in [0.1, 0.15) is 25.0 Å². The number of nitrogens with one attached hydrogen (secondary N) is 1. The van der Waals surface area contributed by atoms with Crippen LogP contribution >= 0.6 is 12.2 Å². The average Bonchev–Trinajstić information content (AvgIpc) is 2.38. The molecule has 0 fully saturated rings. The first-order valence-electron chi connectivity index (χ1n) is 5.92. The molecule has 1 aromatic heterocycles. The van der Waals surface area contributed by atoms with E-state index in [4.69, 9.17) is 12.2 Å². The summed E-state index contributed by atoms with van der Waals surface area (Å²) in [6.45, 7) is 4.27. The molecule has 0 atom stereocenters. The maximum absolute atomic E-state index is 5.27. The second-order valence-corrected chi connectivity index (χ2v) is 4.36. The highest BCUT2D eigenvalue weighted by Gasteiger charge is 2.06. The molecule has 3 heteroatoms. The highest BCUT2D eigenvalue weighted by atomic mass is 32.1. The van der Waals surface area contributed by atoms with Crippen molar-refractivity contribution in [3.05, 3.63) is 46.4 Å². The van der Waals surface area contributed by atoms with Crippen molar-refractivity contribution < 1.29 is 0 Å². The summed E-state index contributed by atoms with van der Waals surface area (Å²) in [7, 11) is 0. The number of H-pyrrole nitrogens is 1. The van der Waals surface area contributed by atoms with Gasteiger partial charge in [-0.2, -0.15) is 0 Å². The Morgan fingerprint density at radius 2 is 2.06 bits per heavy atom. The minimum absolute atomic E-state index is 0.697. The van der Waals surface area contributed by atoms with E-state index in [1.807, 2.05) is 0 Å². The number of hydrogen-bond acceptors (Lipinski definition) is 2. The smallest absolute Gasteiger partial charge is 0.133 e. The summed E-state index contributed by atoms with van der Waals surface area (Å²) in [5.74, 6) is 0. The second kappa shape index (κ2) is 5.23. The molecule has 0 spiro atoms. The number of aromatic amines is 1. The van der Waals surface area contributed by atoms with Crippen molar-refractivity contribution in [1.82, 2.24) is 9.97 Å². The van der Waals surface area contributed by atoms with Crippen LogP contribution < -0.4 is 0 Å². The number of nitrogens with zero attached hydrogens (tertiary/aromatic N) is 1. The molecule has 0 aliphatic rings. The molecule has 0 unspecified atom stereocenters. The van der Waals surface area contributed by atoms with Crippen molar-refractivity contribution in [3.63, 3.8) is 0 Å². The SMILES string of the molecule is CCc1cccc(-c2[nH]cnc(=S)c2CC)c1. The van der Waals surface area contributed by atoms with Gasteiger partial charge in [0.15, 0.2) is 0 Å². The molecular formula is C14H16N2S. The van der Waals surface area contributed by atoms with Gasteiger partial charge in [-0.25, -0.2) is 4.98 Å². The number of aryl methyl sites for hydroxylation is 1. The van der Waals surface area contributed by atoms with Gasteiger partial charge in [0, 0.05) is 5.56 Å². The van der Waals surface area contributed by atoms with Gasteiger partial charge in [0.2, 0.25) is 0 Å². The fourth-order valence-electron chi connectivity index (χ4n) is 1.96. The summed E-state index contributed by atoms with van der Waals surface area (Å²) in [5.41, 5.74) is 4.74. The molecule has 0 saturated carbocycles. The molecule has 17 heavy (non-hydrogen) atoms. The maximum atomic E-state index is 5.27. The van der Waals surface area contributed by atoms with Gasteiger partial charge in [0.1, 0.15) is 4.64 Å². The van der Waals surface area contributed by atoms with Crippen LogP contribution in [0.5, 0.6) is 0 Å². The van der Waals surface area contributed by atoms with Crippen LogP contribution in [0.15, 0.2) is 30.6 Å². The molecule has 0 aliphatic heterocycles. The standard InChI is InChI=1S/C14H16N2S/c1-3-10-6-5-7-11(8-10)13-12(4-2)14(17)16-9-15-13/h5-9H,3-4H2,1-2H3,(H,15,16,17). The van der Waals surface area contributed by atoms with E-state index in [0.717, 1.165) is 24.1 Å². The molecule has 1 N–H and O–H groups in total. The van der Waals surface area contributed by atoms with Crippen LogP contribution in [0.4, 0.5) is 0 Å². The molecule has 0 aliphatic carbocycles. The van der Waals surface area contributed by atoms with E-state index in [2.05, 4.69) is 48.1 Å². The molecular weight excluding hydrogens is 228 g/mol. The van der Waals surface area contributed by atoms with Gasteiger partial charge in [-0.15, -0.1) is 0 Å². The van der Waals surface area contributed by atoms with E-state index in [1.165, 1.54) is 11.1 Å². The number of aromatic nitrogens is 2. The van der Waals surface area contributed by atoms with Gasteiger partial charge in [0.05, 0.1) is 12.0 Å². The van der Waals surface area contributed by atoms with Gasteiger partial charge >= 0.3 is 0 Å². The van der Waals surface area contributed by atoms with Gasteiger partial charge in [-0.1, -0.05) is 44.3 Å². The van der Waals surface area contributed by atoms with Crippen LogP contribution in [-0.4, -0.2) is 9.97 Å². The zero-order chi connectivity index (χ0) is 12.3. The van der Waals surface area contributed by atoms with Gasteiger partial charge in [0.25, 0.3) is 0 Å². The third kappa shape index (κ3) is 2.44. The fourth-order valence-corrected chi connectivity index (χ4v) is 2.26. The van der Waals surface area contributed by atoms with Crippen molar-refractivity contribution in [2.24, 2.45) is 0 Å². The summed E-state index contributed by atoms with van der Waals surface area (Å²) in [5, 5.41) is 0. The Bertz CT molecular complexity index is 572. The van der Waals surface area contributed by atoms with Crippen molar-refractivity contribution in [1.29, 1.82) is 0 Å². The molecule has 2 aromatic rings. The lowest BCUT2D eigenvalue weighted by Gasteiger charge is -2.08. The number of benzene rings is 1. The first kappa shape index (κ1) is 12.0. The van der Waals surface area contributed by atoms with Gasteiger partial charge in [-0.05, 0) is 30.0 Å². The van der Waals surface area contributed by atoms with Crippen molar-refractivity contribution in [2.75, 3.05) is 0 Å². The van der Waals surface area contributed by atoms with Crippen molar-refractivity contribution in [3.8, 4) is 11.3 Å². The highest BCUT2D eigenvalue weighted by molar-refractivity contribution is 7.71. The predicted octanol–water partition coefficient (Wildman–Crippen LogP) is 3.93. The third-order valence-corrected chi connectivity index (χ3v) is 3.28. The monoisotopic (exact) mass is 244 g/mol. The minimum atomic E-state index is 0.697. The van der Waals surface area contributed by atoms with Crippen LogP contribution in [0.2, 0.25) is 0 Å².